The van der Waals surface area contributed by atoms with Crippen LogP contribution in [0.15, 0.2) is 48.7 Å². The highest BCUT2D eigenvalue weighted by atomic mass is 32.1. The molecule has 1 aliphatic heterocycles. The highest BCUT2D eigenvalue weighted by Crippen LogP contribution is 2.39. The van der Waals surface area contributed by atoms with Crippen molar-refractivity contribution >= 4 is 33.3 Å². The molecule has 3 heterocycles. The van der Waals surface area contributed by atoms with E-state index in [0.717, 1.165) is 27.1 Å². The Balaban J connectivity index is 1.60. The molecule has 0 aliphatic carbocycles. The van der Waals surface area contributed by atoms with Gasteiger partial charge in [-0.05, 0) is 35.9 Å². The lowest BCUT2D eigenvalue weighted by Gasteiger charge is -2.23. The number of nitrogens with one attached hydrogen (secondary N) is 1. The average molecular weight is 392 g/mol. The molecule has 0 radical (unpaired) electrons. The first-order chi connectivity index (χ1) is 13.6. The molecule has 1 aliphatic rings. The molecular weight excluding hydrogens is 376 g/mol. The van der Waals surface area contributed by atoms with Crippen molar-refractivity contribution in [1.29, 1.82) is 0 Å². The largest absolute Gasteiger partial charge is 0.508 e. The number of thiazole rings is 1. The minimum Gasteiger partial charge on any atom is -0.508 e. The minimum absolute atomic E-state index is 0.0740. The standard InChI is InChI=1S/C20H16N4O3S/c1-27-13-6-7-16-17(8-13)28-20(22-16)24-19-15(10-21-24)14(9-18(26)23-19)11-2-4-12(25)5-3-11/h2-8,10,14,25H,9H2,1H3,(H,23,26)/t14-/m0/s1. The normalized spacial score (nSPS) is 16.0. The summed E-state index contributed by atoms with van der Waals surface area (Å²) in [6.45, 7) is 0. The number of hydrogen-bond donors (Lipinski definition) is 2. The molecule has 7 nitrogen and oxygen atoms in total. The lowest BCUT2D eigenvalue weighted by Crippen LogP contribution is -2.24. The summed E-state index contributed by atoms with van der Waals surface area (Å²) in [6.07, 6.45) is 2.11. The molecule has 1 amide bonds. The number of carbonyl (C=O) groups excluding carboxylic acids is 1. The van der Waals surface area contributed by atoms with Gasteiger partial charge in [0.05, 0.1) is 23.5 Å². The van der Waals surface area contributed by atoms with Crippen LogP contribution in [0.1, 0.15) is 23.5 Å². The van der Waals surface area contributed by atoms with Crippen LogP contribution in [-0.2, 0) is 4.79 Å². The fourth-order valence-electron chi connectivity index (χ4n) is 3.48. The first kappa shape index (κ1) is 16.8. The van der Waals surface area contributed by atoms with Crippen LogP contribution in [0.5, 0.6) is 11.5 Å². The van der Waals surface area contributed by atoms with Crippen molar-refractivity contribution in [2.24, 2.45) is 0 Å². The zero-order chi connectivity index (χ0) is 19.3. The smallest absolute Gasteiger partial charge is 0.226 e. The van der Waals surface area contributed by atoms with Gasteiger partial charge in [0, 0.05) is 17.9 Å². The highest BCUT2D eigenvalue weighted by molar-refractivity contribution is 7.20. The topological polar surface area (TPSA) is 89.3 Å². The molecule has 28 heavy (non-hydrogen) atoms. The molecule has 0 saturated heterocycles. The van der Waals surface area contributed by atoms with Crippen LogP contribution < -0.4 is 10.1 Å². The van der Waals surface area contributed by atoms with Crippen molar-refractivity contribution in [2.45, 2.75) is 12.3 Å². The number of phenolic OH excluding ortho intramolecular Hbond substituents is 1. The van der Waals surface area contributed by atoms with Crippen LogP contribution in [0.3, 0.4) is 0 Å². The van der Waals surface area contributed by atoms with Gasteiger partial charge in [0.2, 0.25) is 11.0 Å². The van der Waals surface area contributed by atoms with Crippen molar-refractivity contribution in [3.05, 3.63) is 59.8 Å². The zero-order valence-corrected chi connectivity index (χ0v) is 15.7. The monoisotopic (exact) mass is 392 g/mol. The lowest BCUT2D eigenvalue weighted by atomic mass is 9.87. The summed E-state index contributed by atoms with van der Waals surface area (Å²) in [4.78, 5) is 17.0. The molecular formula is C20H16N4O3S. The summed E-state index contributed by atoms with van der Waals surface area (Å²) >= 11 is 1.48. The SMILES string of the molecule is COc1ccc2nc(-n3ncc4c3NC(=O)C[C@H]4c3ccc(O)cc3)sc2c1. The second-order valence-corrected chi connectivity index (χ2v) is 7.60. The number of rotatable bonds is 3. The Labute approximate surface area is 164 Å². The van der Waals surface area contributed by atoms with Gasteiger partial charge in [0.1, 0.15) is 17.3 Å². The van der Waals surface area contributed by atoms with Gasteiger partial charge in [-0.25, -0.2) is 4.98 Å². The average Bonchev–Trinajstić information content (AvgIpc) is 3.30. The van der Waals surface area contributed by atoms with E-state index in [0.29, 0.717) is 17.4 Å². The third kappa shape index (κ3) is 2.69. The Morgan fingerprint density at radius 2 is 2.07 bits per heavy atom. The number of ether oxygens (including phenoxy) is 1. The Morgan fingerprint density at radius 3 is 2.86 bits per heavy atom. The Bertz CT molecular complexity index is 1200. The van der Waals surface area contributed by atoms with Gasteiger partial charge in [0.15, 0.2) is 0 Å². The molecule has 0 spiro atoms. The fraction of sp³-hybridized carbons (Fsp3) is 0.150. The quantitative estimate of drug-likeness (QED) is 0.555. The number of amides is 1. The number of methoxy groups -OCH3 is 1. The van der Waals surface area contributed by atoms with Gasteiger partial charge < -0.3 is 15.2 Å². The number of aromatic nitrogens is 3. The molecule has 2 aromatic heterocycles. The van der Waals surface area contributed by atoms with Crippen LogP contribution in [-0.4, -0.2) is 32.9 Å². The molecule has 5 rings (SSSR count). The van der Waals surface area contributed by atoms with E-state index >= 15 is 0 Å². The van der Waals surface area contributed by atoms with Crippen LogP contribution >= 0.6 is 11.3 Å². The van der Waals surface area contributed by atoms with E-state index in [1.54, 1.807) is 30.1 Å². The number of fused-ring (bicyclic) bond motifs is 2. The number of nitrogens with zero attached hydrogens (tertiary/aromatic N) is 3. The molecule has 4 aromatic rings. The molecule has 0 saturated carbocycles. The molecule has 8 heteroatoms. The van der Waals surface area contributed by atoms with Gasteiger partial charge in [-0.15, -0.1) is 0 Å². The highest BCUT2D eigenvalue weighted by Gasteiger charge is 2.31. The molecule has 2 aromatic carbocycles. The summed E-state index contributed by atoms with van der Waals surface area (Å²) in [7, 11) is 1.63. The second kappa shape index (κ2) is 6.35. The van der Waals surface area contributed by atoms with E-state index in [4.69, 9.17) is 4.74 Å². The summed E-state index contributed by atoms with van der Waals surface area (Å²) in [6, 6.07) is 12.6. The maximum Gasteiger partial charge on any atom is 0.226 e. The predicted octanol–water partition coefficient (Wildman–Crippen LogP) is 3.67. The first-order valence-corrected chi connectivity index (χ1v) is 9.55. The molecule has 0 unspecified atom stereocenters. The fourth-order valence-corrected chi connectivity index (χ4v) is 4.44. The van der Waals surface area contributed by atoms with Crippen molar-refractivity contribution in [3.8, 4) is 16.6 Å². The molecule has 140 valence electrons. The zero-order valence-electron chi connectivity index (χ0n) is 14.9. The number of phenols is 1. The van der Waals surface area contributed by atoms with Crippen molar-refractivity contribution < 1.29 is 14.6 Å². The van der Waals surface area contributed by atoms with Gasteiger partial charge in [-0.3, -0.25) is 4.79 Å². The summed E-state index contributed by atoms with van der Waals surface area (Å²) in [5.41, 5.74) is 2.74. The molecule has 0 fully saturated rings. The van der Waals surface area contributed by atoms with Gasteiger partial charge in [-0.1, -0.05) is 23.5 Å². The predicted molar refractivity (Wildman–Crippen MR) is 106 cm³/mol. The summed E-state index contributed by atoms with van der Waals surface area (Å²) < 4.78 is 7.94. The van der Waals surface area contributed by atoms with E-state index in [-0.39, 0.29) is 17.6 Å². The molecule has 1 atom stereocenters. The maximum absolute atomic E-state index is 12.4. The Kier molecular flexibility index (Phi) is 3.80. The lowest BCUT2D eigenvalue weighted by molar-refractivity contribution is -0.116. The Hall–Kier alpha value is -3.39. The number of aromatic hydroxyl groups is 1. The number of anilines is 1. The summed E-state index contributed by atoms with van der Waals surface area (Å²) in [5.74, 6) is 1.42. The van der Waals surface area contributed by atoms with E-state index < -0.39 is 0 Å². The minimum atomic E-state index is -0.118. The van der Waals surface area contributed by atoms with Crippen LogP contribution in [0.2, 0.25) is 0 Å². The van der Waals surface area contributed by atoms with Crippen molar-refractivity contribution in [2.75, 3.05) is 12.4 Å². The third-order valence-electron chi connectivity index (χ3n) is 4.88. The van der Waals surface area contributed by atoms with Crippen LogP contribution in [0.4, 0.5) is 5.82 Å². The van der Waals surface area contributed by atoms with Gasteiger partial charge in [-0.2, -0.15) is 9.78 Å². The van der Waals surface area contributed by atoms with Crippen molar-refractivity contribution in [3.63, 3.8) is 0 Å². The van der Waals surface area contributed by atoms with E-state index in [2.05, 4.69) is 15.4 Å². The van der Waals surface area contributed by atoms with Crippen LogP contribution in [0, 0.1) is 0 Å². The van der Waals surface area contributed by atoms with Crippen LogP contribution in [0.25, 0.3) is 15.3 Å². The van der Waals surface area contributed by atoms with E-state index in [1.807, 2.05) is 30.3 Å². The molecule has 0 bridgehead atoms. The maximum atomic E-state index is 12.4. The van der Waals surface area contributed by atoms with E-state index in [9.17, 15) is 9.90 Å². The van der Waals surface area contributed by atoms with E-state index in [1.165, 1.54) is 11.3 Å². The Morgan fingerprint density at radius 1 is 1.25 bits per heavy atom. The third-order valence-corrected chi connectivity index (χ3v) is 5.87. The van der Waals surface area contributed by atoms with Gasteiger partial charge in [0.25, 0.3) is 0 Å². The molecule has 2 N–H and O–H groups in total. The number of benzene rings is 2. The number of carbonyl (C=O) groups is 1. The number of hydrogen-bond acceptors (Lipinski definition) is 6. The first-order valence-electron chi connectivity index (χ1n) is 8.74. The second-order valence-electron chi connectivity index (χ2n) is 6.59. The van der Waals surface area contributed by atoms with Crippen molar-refractivity contribution in [1.82, 2.24) is 14.8 Å². The van der Waals surface area contributed by atoms with Gasteiger partial charge >= 0.3 is 0 Å². The summed E-state index contributed by atoms with van der Waals surface area (Å²) in [5, 5.41) is 17.7.